The fourth-order valence-corrected chi connectivity index (χ4v) is 7.97. The van der Waals surface area contributed by atoms with E-state index < -0.39 is 48.2 Å². The largest absolute Gasteiger partial charge is 0.454 e. The van der Waals surface area contributed by atoms with E-state index in [-0.39, 0.29) is 16.4 Å². The zero-order chi connectivity index (χ0) is 32.8. The lowest BCUT2D eigenvalue weighted by atomic mass is 9.62. The van der Waals surface area contributed by atoms with Gasteiger partial charge in [0.05, 0.1) is 6.04 Å². The van der Waals surface area contributed by atoms with E-state index in [9.17, 15) is 14.0 Å². The summed E-state index contributed by atoms with van der Waals surface area (Å²) in [7, 11) is 0. The molecule has 3 heterocycles. The van der Waals surface area contributed by atoms with Gasteiger partial charge in [-0.15, -0.1) is 0 Å². The van der Waals surface area contributed by atoms with Gasteiger partial charge >= 0.3 is 5.97 Å². The Morgan fingerprint density at radius 3 is 2.30 bits per heavy atom. The average Bonchev–Trinajstić information content (AvgIpc) is 3.48. The topological polar surface area (TPSA) is 58.6 Å². The first-order valence-electron chi connectivity index (χ1n) is 15.4. The number of ether oxygens (including phenoxy) is 1. The van der Waals surface area contributed by atoms with Crippen molar-refractivity contribution in [1.82, 2.24) is 4.90 Å². The third-order valence-electron chi connectivity index (χ3n) is 9.35. The maximum absolute atomic E-state index is 14.8. The van der Waals surface area contributed by atoms with E-state index >= 15 is 0 Å². The van der Waals surface area contributed by atoms with Crippen LogP contribution in [0.15, 0.2) is 114 Å². The number of halogens is 3. The lowest BCUT2D eigenvalue weighted by molar-refractivity contribution is -0.177. The molecule has 238 valence electrons. The van der Waals surface area contributed by atoms with Gasteiger partial charge in [0, 0.05) is 27.7 Å². The molecule has 46 heavy (non-hydrogen) atoms. The number of hydrogen-bond donors (Lipinski definition) is 1. The van der Waals surface area contributed by atoms with Crippen LogP contribution in [0.5, 0.6) is 0 Å². The van der Waals surface area contributed by atoms with Gasteiger partial charge in [0.25, 0.3) is 0 Å². The number of nitrogens with one attached hydrogen (secondary N) is 1. The summed E-state index contributed by atoms with van der Waals surface area (Å²) < 4.78 is 19.6. The Morgan fingerprint density at radius 2 is 1.67 bits per heavy atom. The Hall–Kier alpha value is -3.71. The number of esters is 1. The number of benzene rings is 3. The van der Waals surface area contributed by atoms with Gasteiger partial charge in [-0.05, 0) is 52.3 Å². The van der Waals surface area contributed by atoms with Crippen LogP contribution >= 0.6 is 23.2 Å². The summed E-state index contributed by atoms with van der Waals surface area (Å²) in [5.74, 6) is -1.38. The molecule has 0 aromatic heterocycles. The summed E-state index contributed by atoms with van der Waals surface area (Å²) in [6.07, 6.45) is 4.74. The predicted molar refractivity (Wildman–Crippen MR) is 181 cm³/mol. The molecular weight excluding hydrogens is 622 g/mol. The number of nitrogens with zero attached hydrogens (tertiary/aromatic N) is 1. The van der Waals surface area contributed by atoms with E-state index in [1.54, 1.807) is 24.3 Å². The lowest BCUT2D eigenvalue weighted by Gasteiger charge is -2.47. The minimum Gasteiger partial charge on any atom is -0.454 e. The van der Waals surface area contributed by atoms with E-state index in [0.29, 0.717) is 22.7 Å². The second-order valence-corrected chi connectivity index (χ2v) is 14.4. The zero-order valence-electron chi connectivity index (χ0n) is 26.1. The van der Waals surface area contributed by atoms with Crippen LogP contribution in [0.3, 0.4) is 0 Å². The number of alkyl halides is 1. The zero-order valence-corrected chi connectivity index (χ0v) is 27.6. The summed E-state index contributed by atoms with van der Waals surface area (Å²) in [6, 6.07) is 23.5. The molecule has 0 bridgehead atoms. The Balaban J connectivity index is 1.65. The second-order valence-electron chi connectivity index (χ2n) is 13.5. The number of rotatable bonds is 7. The van der Waals surface area contributed by atoms with Crippen molar-refractivity contribution in [3.8, 4) is 0 Å². The normalized spacial score (nSPS) is 27.9. The van der Waals surface area contributed by atoms with E-state index in [0.717, 1.165) is 16.7 Å². The van der Waals surface area contributed by atoms with Gasteiger partial charge in [0.15, 0.2) is 0 Å². The molecule has 0 unspecified atom stereocenters. The highest BCUT2D eigenvalue weighted by Gasteiger charge is 2.72. The molecule has 1 N–H and O–H groups in total. The van der Waals surface area contributed by atoms with Gasteiger partial charge in [0.1, 0.15) is 24.2 Å². The molecule has 6 atom stereocenters. The highest BCUT2D eigenvalue weighted by atomic mass is 35.5. The molecule has 3 aliphatic heterocycles. The fourth-order valence-electron chi connectivity index (χ4n) is 7.72. The van der Waals surface area contributed by atoms with Crippen LogP contribution in [0, 0.1) is 11.3 Å². The van der Waals surface area contributed by atoms with Gasteiger partial charge in [-0.1, -0.05) is 129 Å². The molecule has 5 nitrogen and oxygen atoms in total. The first kappa shape index (κ1) is 32.2. The van der Waals surface area contributed by atoms with Crippen molar-refractivity contribution < 1.29 is 18.7 Å². The molecule has 3 aromatic rings. The first-order valence-corrected chi connectivity index (χ1v) is 16.2. The summed E-state index contributed by atoms with van der Waals surface area (Å²) in [6.45, 7) is 10.1. The summed E-state index contributed by atoms with van der Waals surface area (Å²) in [4.78, 5) is 31.5. The van der Waals surface area contributed by atoms with Gasteiger partial charge in [-0.3, -0.25) is 14.5 Å². The molecule has 2 fully saturated rings. The second kappa shape index (κ2) is 12.5. The number of cyclic esters (lactones) is 1. The van der Waals surface area contributed by atoms with Crippen molar-refractivity contribution in [3.05, 3.63) is 136 Å². The SMILES string of the molecule is C=C(/C=C\C=C(\Cl)CF)[C@H]1[C@@H]2C(=O)O[C@@H](c3ccccc3)[C@@H](c3ccccc3)N2[C@H](CC(C)(C)C)[C@]12C(=O)Nc1cc(Cl)ccc12. The molecule has 1 spiro atoms. The molecule has 0 saturated carbocycles. The van der Waals surface area contributed by atoms with Crippen LogP contribution in [-0.4, -0.2) is 35.5 Å². The number of morpholine rings is 1. The number of amides is 1. The molecule has 0 radical (unpaired) electrons. The van der Waals surface area contributed by atoms with E-state index in [1.165, 1.54) is 6.08 Å². The number of carbonyl (C=O) groups excluding carboxylic acids is 2. The molecule has 2 saturated heterocycles. The minimum atomic E-state index is -1.23. The van der Waals surface area contributed by atoms with Crippen molar-refractivity contribution in [3.63, 3.8) is 0 Å². The molecule has 3 aromatic carbocycles. The molecule has 6 rings (SSSR count). The van der Waals surface area contributed by atoms with E-state index in [4.69, 9.17) is 27.9 Å². The third kappa shape index (κ3) is 5.51. The van der Waals surface area contributed by atoms with Crippen molar-refractivity contribution >= 4 is 40.8 Å². The molecule has 1 amide bonds. The Kier molecular flexibility index (Phi) is 8.75. The molecule has 3 aliphatic rings. The monoisotopic (exact) mass is 658 g/mol. The minimum absolute atomic E-state index is 0.0305. The number of anilines is 1. The summed E-state index contributed by atoms with van der Waals surface area (Å²) >= 11 is 12.4. The van der Waals surface area contributed by atoms with Crippen LogP contribution in [0.4, 0.5) is 10.1 Å². The van der Waals surface area contributed by atoms with Gasteiger partial charge < -0.3 is 10.1 Å². The quantitative estimate of drug-likeness (QED) is 0.203. The van der Waals surface area contributed by atoms with Crippen LogP contribution in [0.25, 0.3) is 0 Å². The van der Waals surface area contributed by atoms with Gasteiger partial charge in [-0.2, -0.15) is 0 Å². The van der Waals surface area contributed by atoms with E-state index in [2.05, 4.69) is 37.6 Å². The van der Waals surface area contributed by atoms with Crippen molar-refractivity contribution in [1.29, 1.82) is 0 Å². The maximum Gasteiger partial charge on any atom is 0.324 e. The third-order valence-corrected chi connectivity index (χ3v) is 9.81. The van der Waals surface area contributed by atoms with Crippen molar-refractivity contribution in [2.24, 2.45) is 11.3 Å². The standard InChI is InChI=1S/C38H37Cl2FN2O3/c1-23(12-11-17-27(40)22-41)31-33-35(44)46-34(25-15-9-6-10-16-25)32(24-13-7-5-8-14-24)43(33)30(21-37(2,3)4)38(31)28-19-18-26(39)20-29(28)42-36(38)45/h5-20,30-34H,1,21-22H2,2-4H3,(H,42,45)/b12-11-,27-17+/t30-,31+,32-,33-,34+,38+/m1/s1. The Labute approximate surface area is 279 Å². The number of hydrogen-bond acceptors (Lipinski definition) is 4. The Morgan fingerprint density at radius 1 is 1.02 bits per heavy atom. The molecule has 0 aliphatic carbocycles. The number of allylic oxidation sites excluding steroid dienone is 4. The molecular formula is C38H37Cl2FN2O3. The molecule has 8 heteroatoms. The number of carbonyl (C=O) groups is 2. The van der Waals surface area contributed by atoms with Crippen LogP contribution < -0.4 is 5.32 Å². The summed E-state index contributed by atoms with van der Waals surface area (Å²) in [5.41, 5.74) is 2.27. The van der Waals surface area contributed by atoms with Crippen LogP contribution in [0.1, 0.15) is 56.0 Å². The van der Waals surface area contributed by atoms with Crippen LogP contribution in [-0.2, 0) is 19.7 Å². The predicted octanol–water partition coefficient (Wildman–Crippen LogP) is 8.88. The van der Waals surface area contributed by atoms with Crippen molar-refractivity contribution in [2.45, 2.75) is 56.8 Å². The van der Waals surface area contributed by atoms with Crippen LogP contribution in [0.2, 0.25) is 5.02 Å². The lowest BCUT2D eigenvalue weighted by Crippen LogP contribution is -2.54. The average molecular weight is 660 g/mol. The highest BCUT2D eigenvalue weighted by Crippen LogP contribution is 2.63. The smallest absolute Gasteiger partial charge is 0.324 e. The number of fused-ring (bicyclic) bond motifs is 3. The van der Waals surface area contributed by atoms with E-state index in [1.807, 2.05) is 66.7 Å². The van der Waals surface area contributed by atoms with Crippen molar-refractivity contribution in [2.75, 3.05) is 12.0 Å². The van der Waals surface area contributed by atoms with Gasteiger partial charge in [-0.25, -0.2) is 4.39 Å². The summed E-state index contributed by atoms with van der Waals surface area (Å²) in [5, 5.41) is 3.65. The maximum atomic E-state index is 14.8. The highest BCUT2D eigenvalue weighted by molar-refractivity contribution is 6.31. The first-order chi connectivity index (χ1) is 22.0. The Bertz CT molecular complexity index is 1720. The fraction of sp³-hybridized carbons (Fsp3) is 0.316. The van der Waals surface area contributed by atoms with Gasteiger partial charge in [0.2, 0.25) is 5.91 Å².